The number of aromatic nitrogens is 2. The van der Waals surface area contributed by atoms with E-state index in [-0.39, 0.29) is 16.5 Å². The van der Waals surface area contributed by atoms with E-state index in [9.17, 15) is 9.18 Å². The van der Waals surface area contributed by atoms with E-state index in [2.05, 4.69) is 9.97 Å². The van der Waals surface area contributed by atoms with Gasteiger partial charge in [0, 0.05) is 10.9 Å². The standard InChI is InChI=1S/C13H7Cl2FN2OS/c14-4-10-17-12(19)11-7(5-20-13(11)18-10)6-1-2-9(16)8(15)3-6/h1-3,5H,4H2,(H,17,18,19). The maximum absolute atomic E-state index is 13.2. The Hall–Kier alpha value is -1.43. The minimum Gasteiger partial charge on any atom is -0.309 e. The number of rotatable bonds is 2. The van der Waals surface area contributed by atoms with E-state index in [0.29, 0.717) is 27.2 Å². The maximum Gasteiger partial charge on any atom is 0.260 e. The summed E-state index contributed by atoms with van der Waals surface area (Å²) in [6.07, 6.45) is 0. The lowest BCUT2D eigenvalue weighted by molar-refractivity contribution is 0.628. The summed E-state index contributed by atoms with van der Waals surface area (Å²) in [7, 11) is 0. The van der Waals surface area contributed by atoms with Gasteiger partial charge < -0.3 is 4.98 Å². The summed E-state index contributed by atoms with van der Waals surface area (Å²) < 4.78 is 13.2. The third-order valence-corrected chi connectivity index (χ3v) is 4.27. The van der Waals surface area contributed by atoms with E-state index in [1.54, 1.807) is 11.4 Å². The van der Waals surface area contributed by atoms with Crippen LogP contribution in [0.3, 0.4) is 0 Å². The van der Waals surface area contributed by atoms with Crippen LogP contribution in [0.4, 0.5) is 4.39 Å². The van der Waals surface area contributed by atoms with Gasteiger partial charge >= 0.3 is 0 Å². The van der Waals surface area contributed by atoms with Crippen molar-refractivity contribution >= 4 is 44.8 Å². The molecule has 0 unspecified atom stereocenters. The van der Waals surface area contributed by atoms with Crippen molar-refractivity contribution in [2.24, 2.45) is 0 Å². The van der Waals surface area contributed by atoms with Crippen LogP contribution in [0.2, 0.25) is 5.02 Å². The molecule has 0 saturated heterocycles. The minimum atomic E-state index is -0.494. The van der Waals surface area contributed by atoms with Crippen LogP contribution >= 0.6 is 34.5 Å². The third kappa shape index (κ3) is 2.22. The monoisotopic (exact) mass is 328 g/mol. The summed E-state index contributed by atoms with van der Waals surface area (Å²) in [6.45, 7) is 0. The second-order valence-corrected chi connectivity index (χ2v) is 5.64. The highest BCUT2D eigenvalue weighted by Crippen LogP contribution is 2.32. The molecule has 3 rings (SSSR count). The lowest BCUT2D eigenvalue weighted by Gasteiger charge is -2.01. The van der Waals surface area contributed by atoms with E-state index in [1.165, 1.54) is 23.5 Å². The molecule has 0 bridgehead atoms. The van der Waals surface area contributed by atoms with Crippen molar-refractivity contribution in [1.29, 1.82) is 0 Å². The Labute approximate surface area is 127 Å². The van der Waals surface area contributed by atoms with Gasteiger partial charge in [-0.2, -0.15) is 0 Å². The number of fused-ring (bicyclic) bond motifs is 1. The number of nitrogens with one attached hydrogen (secondary N) is 1. The lowest BCUT2D eigenvalue weighted by atomic mass is 10.1. The zero-order chi connectivity index (χ0) is 14.3. The van der Waals surface area contributed by atoms with Crippen LogP contribution in [0.5, 0.6) is 0 Å². The molecule has 0 aliphatic heterocycles. The molecule has 2 aromatic heterocycles. The molecule has 3 nitrogen and oxygen atoms in total. The van der Waals surface area contributed by atoms with Crippen molar-refractivity contribution in [1.82, 2.24) is 9.97 Å². The highest BCUT2D eigenvalue weighted by atomic mass is 35.5. The number of alkyl halides is 1. The molecule has 0 amide bonds. The predicted molar refractivity (Wildman–Crippen MR) is 80.2 cm³/mol. The molecule has 20 heavy (non-hydrogen) atoms. The fourth-order valence-corrected chi connectivity index (χ4v) is 3.21. The molecule has 7 heteroatoms. The Morgan fingerprint density at radius 2 is 2.20 bits per heavy atom. The molecular weight excluding hydrogens is 322 g/mol. The number of thiophene rings is 1. The smallest absolute Gasteiger partial charge is 0.260 e. The van der Waals surface area contributed by atoms with Gasteiger partial charge in [0.05, 0.1) is 16.3 Å². The van der Waals surface area contributed by atoms with Gasteiger partial charge in [0.1, 0.15) is 16.5 Å². The van der Waals surface area contributed by atoms with Gasteiger partial charge in [-0.3, -0.25) is 4.79 Å². The first-order valence-corrected chi connectivity index (χ1v) is 7.41. The van der Waals surface area contributed by atoms with Gasteiger partial charge in [-0.1, -0.05) is 17.7 Å². The third-order valence-electron chi connectivity index (χ3n) is 2.85. The number of nitrogens with zero attached hydrogens (tertiary/aromatic N) is 1. The first-order chi connectivity index (χ1) is 9.60. The second kappa shape index (κ2) is 5.16. The molecular formula is C13H7Cl2FN2OS. The Morgan fingerprint density at radius 1 is 1.40 bits per heavy atom. The van der Waals surface area contributed by atoms with Crippen molar-refractivity contribution in [3.63, 3.8) is 0 Å². The van der Waals surface area contributed by atoms with Gasteiger partial charge in [0.2, 0.25) is 0 Å². The highest BCUT2D eigenvalue weighted by molar-refractivity contribution is 7.17. The topological polar surface area (TPSA) is 45.8 Å². The van der Waals surface area contributed by atoms with Crippen LogP contribution in [0, 0.1) is 5.82 Å². The number of benzene rings is 1. The number of aromatic amines is 1. The molecule has 0 atom stereocenters. The maximum atomic E-state index is 13.2. The van der Waals surface area contributed by atoms with E-state index in [1.807, 2.05) is 0 Å². The van der Waals surface area contributed by atoms with E-state index in [0.717, 1.165) is 0 Å². The van der Waals surface area contributed by atoms with Crippen molar-refractivity contribution in [2.75, 3.05) is 0 Å². The molecule has 0 radical (unpaired) electrons. The molecule has 0 fully saturated rings. The van der Waals surface area contributed by atoms with E-state index >= 15 is 0 Å². The van der Waals surface area contributed by atoms with Gasteiger partial charge in [0.25, 0.3) is 5.56 Å². The molecule has 1 N–H and O–H groups in total. The average molecular weight is 329 g/mol. The Kier molecular flexibility index (Phi) is 3.50. The summed E-state index contributed by atoms with van der Waals surface area (Å²) in [5.41, 5.74) is 1.10. The Bertz CT molecular complexity index is 859. The number of hydrogen-bond acceptors (Lipinski definition) is 3. The van der Waals surface area contributed by atoms with Gasteiger partial charge in [-0.05, 0) is 17.7 Å². The van der Waals surface area contributed by atoms with Crippen LogP contribution in [0.15, 0.2) is 28.4 Å². The van der Waals surface area contributed by atoms with Crippen molar-refractivity contribution in [2.45, 2.75) is 5.88 Å². The molecule has 0 aliphatic carbocycles. The van der Waals surface area contributed by atoms with Crippen LogP contribution in [-0.2, 0) is 5.88 Å². The first kappa shape index (κ1) is 13.5. The van der Waals surface area contributed by atoms with Crippen LogP contribution in [0.25, 0.3) is 21.3 Å². The predicted octanol–water partition coefficient (Wildman–Crippen LogP) is 4.18. The number of halogens is 3. The van der Waals surface area contributed by atoms with Crippen LogP contribution in [0.1, 0.15) is 5.82 Å². The first-order valence-electron chi connectivity index (χ1n) is 5.62. The number of hydrogen-bond donors (Lipinski definition) is 1. The second-order valence-electron chi connectivity index (χ2n) is 4.10. The fourth-order valence-electron chi connectivity index (χ4n) is 1.93. The normalized spacial score (nSPS) is 11.2. The van der Waals surface area contributed by atoms with Crippen molar-refractivity contribution < 1.29 is 4.39 Å². The molecule has 1 aromatic carbocycles. The zero-order valence-electron chi connectivity index (χ0n) is 9.91. The summed E-state index contributed by atoms with van der Waals surface area (Å²) >= 11 is 12.8. The van der Waals surface area contributed by atoms with Crippen molar-refractivity contribution in [3.8, 4) is 11.1 Å². The lowest BCUT2D eigenvalue weighted by Crippen LogP contribution is -2.10. The van der Waals surface area contributed by atoms with Gasteiger partial charge in [-0.15, -0.1) is 22.9 Å². The Balaban J connectivity index is 2.27. The molecule has 0 saturated carbocycles. The summed E-state index contributed by atoms with van der Waals surface area (Å²) in [5.74, 6) is 0.0713. The van der Waals surface area contributed by atoms with Crippen LogP contribution < -0.4 is 5.56 Å². The molecule has 102 valence electrons. The molecule has 0 aliphatic rings. The van der Waals surface area contributed by atoms with E-state index in [4.69, 9.17) is 23.2 Å². The SMILES string of the molecule is O=c1[nH]c(CCl)nc2scc(-c3ccc(F)c(Cl)c3)c12. The number of H-pyrrole nitrogens is 1. The summed E-state index contributed by atoms with van der Waals surface area (Å²) in [4.78, 5) is 19.6. The molecule has 0 spiro atoms. The average Bonchev–Trinajstić information content (AvgIpc) is 2.86. The van der Waals surface area contributed by atoms with Gasteiger partial charge in [-0.25, -0.2) is 9.37 Å². The van der Waals surface area contributed by atoms with Crippen LogP contribution in [-0.4, -0.2) is 9.97 Å². The quantitative estimate of drug-likeness (QED) is 0.717. The van der Waals surface area contributed by atoms with E-state index < -0.39 is 5.82 Å². The van der Waals surface area contributed by atoms with Gasteiger partial charge in [0.15, 0.2) is 0 Å². The summed E-state index contributed by atoms with van der Waals surface area (Å²) in [6, 6.07) is 4.35. The van der Waals surface area contributed by atoms with Crippen molar-refractivity contribution in [3.05, 3.63) is 50.6 Å². The largest absolute Gasteiger partial charge is 0.309 e. The summed E-state index contributed by atoms with van der Waals surface area (Å²) in [5, 5.41) is 2.28. The minimum absolute atomic E-state index is 0.0172. The highest BCUT2D eigenvalue weighted by Gasteiger charge is 2.13. The zero-order valence-corrected chi connectivity index (χ0v) is 12.2. The fraction of sp³-hybridized carbons (Fsp3) is 0.0769. The molecule has 3 aromatic rings. The molecule has 2 heterocycles. The Morgan fingerprint density at radius 3 is 2.90 bits per heavy atom.